The molecule has 1 aliphatic heterocycles. The Hall–Kier alpha value is -2.54. The van der Waals surface area contributed by atoms with Crippen LogP contribution in [0.5, 0.6) is 0 Å². The Labute approximate surface area is 192 Å². The van der Waals surface area contributed by atoms with Crippen molar-refractivity contribution in [3.8, 4) is 0 Å². The third kappa shape index (κ3) is 3.76. The first-order valence-electron chi connectivity index (χ1n) is 11.7. The van der Waals surface area contributed by atoms with Crippen molar-refractivity contribution in [2.24, 2.45) is 0 Å². The molecule has 1 fully saturated rings. The van der Waals surface area contributed by atoms with Gasteiger partial charge in [0.1, 0.15) is 17.0 Å². The Morgan fingerprint density at radius 1 is 1.22 bits per heavy atom. The lowest BCUT2D eigenvalue weighted by atomic mass is 9.92. The predicted molar refractivity (Wildman–Crippen MR) is 126 cm³/mol. The Morgan fingerprint density at radius 2 is 1.97 bits per heavy atom. The van der Waals surface area contributed by atoms with E-state index in [0.717, 1.165) is 41.8 Å². The Kier molecular flexibility index (Phi) is 5.61. The van der Waals surface area contributed by atoms with Gasteiger partial charge in [-0.3, -0.25) is 9.59 Å². The lowest BCUT2D eigenvalue weighted by Gasteiger charge is -2.44. The fraction of sp³-hybridized carbons (Fsp3) is 0.520. The molecule has 32 heavy (non-hydrogen) atoms. The summed E-state index contributed by atoms with van der Waals surface area (Å²) >= 11 is 1.61. The molecule has 1 unspecified atom stereocenters. The first-order valence-corrected chi connectivity index (χ1v) is 12.6. The van der Waals surface area contributed by atoms with Crippen LogP contribution in [0.2, 0.25) is 0 Å². The summed E-state index contributed by atoms with van der Waals surface area (Å²) in [6.07, 6.45) is 8.08. The van der Waals surface area contributed by atoms with Crippen molar-refractivity contribution in [1.82, 2.24) is 14.8 Å². The van der Waals surface area contributed by atoms with E-state index in [1.165, 1.54) is 19.3 Å². The number of fused-ring (bicyclic) bond motifs is 3. The fourth-order valence-corrected chi connectivity index (χ4v) is 5.90. The molecular formula is C25H31N3O3S. The number of aromatic nitrogens is 1. The molecule has 3 aromatic rings. The number of rotatable bonds is 4. The normalized spacial score (nSPS) is 22.6. The SMILES string of the molecule is Cc1cc2c(cc3n2CC(C)(C(=O)NC2CCCCCCC2)N(Cc2cccs2)C3=O)o1. The molecule has 4 heterocycles. The highest BCUT2D eigenvalue weighted by Crippen LogP contribution is 2.35. The van der Waals surface area contributed by atoms with E-state index in [4.69, 9.17) is 4.42 Å². The number of nitrogens with zero attached hydrogens (tertiary/aromatic N) is 2. The summed E-state index contributed by atoms with van der Waals surface area (Å²) < 4.78 is 7.76. The lowest BCUT2D eigenvalue weighted by molar-refractivity contribution is -0.134. The maximum atomic E-state index is 13.8. The van der Waals surface area contributed by atoms with Gasteiger partial charge in [-0.05, 0) is 38.1 Å². The van der Waals surface area contributed by atoms with Crippen LogP contribution in [0, 0.1) is 6.92 Å². The van der Waals surface area contributed by atoms with Gasteiger partial charge < -0.3 is 19.2 Å². The van der Waals surface area contributed by atoms with Gasteiger partial charge in [0.25, 0.3) is 5.91 Å². The van der Waals surface area contributed by atoms with E-state index in [1.807, 2.05) is 48.1 Å². The van der Waals surface area contributed by atoms with Crippen molar-refractivity contribution in [3.63, 3.8) is 0 Å². The maximum Gasteiger partial charge on any atom is 0.271 e. The quantitative estimate of drug-likeness (QED) is 0.587. The summed E-state index contributed by atoms with van der Waals surface area (Å²) in [7, 11) is 0. The molecule has 1 aliphatic carbocycles. The Balaban J connectivity index is 1.50. The Bertz CT molecular complexity index is 1120. The van der Waals surface area contributed by atoms with Crippen molar-refractivity contribution in [1.29, 1.82) is 0 Å². The van der Waals surface area contributed by atoms with Crippen LogP contribution in [0.1, 0.15) is 73.0 Å². The summed E-state index contributed by atoms with van der Waals surface area (Å²) in [4.78, 5) is 30.3. The largest absolute Gasteiger partial charge is 0.460 e. The molecular weight excluding hydrogens is 422 g/mol. The number of amides is 2. The molecule has 2 amide bonds. The second-order valence-electron chi connectivity index (χ2n) is 9.48. The highest BCUT2D eigenvalue weighted by Gasteiger charge is 2.48. The highest BCUT2D eigenvalue weighted by atomic mass is 32.1. The van der Waals surface area contributed by atoms with Crippen molar-refractivity contribution < 1.29 is 14.0 Å². The van der Waals surface area contributed by atoms with Gasteiger partial charge in [-0.1, -0.05) is 38.2 Å². The van der Waals surface area contributed by atoms with E-state index in [-0.39, 0.29) is 17.9 Å². The minimum Gasteiger partial charge on any atom is -0.460 e. The molecule has 6 nitrogen and oxygen atoms in total. The zero-order valence-corrected chi connectivity index (χ0v) is 19.7. The van der Waals surface area contributed by atoms with Crippen molar-refractivity contribution in [2.75, 3.05) is 0 Å². The monoisotopic (exact) mass is 453 g/mol. The number of carbonyl (C=O) groups is 2. The fourth-order valence-electron chi connectivity index (χ4n) is 5.21. The number of hydrogen-bond acceptors (Lipinski definition) is 4. The highest BCUT2D eigenvalue weighted by molar-refractivity contribution is 7.09. The molecule has 0 spiro atoms. The number of aryl methyl sites for hydroxylation is 1. The van der Waals surface area contributed by atoms with Gasteiger partial charge in [-0.2, -0.15) is 0 Å². The molecule has 0 radical (unpaired) electrons. The Morgan fingerprint density at radius 3 is 2.69 bits per heavy atom. The average Bonchev–Trinajstić information content (AvgIpc) is 3.44. The van der Waals surface area contributed by atoms with Crippen LogP contribution < -0.4 is 5.32 Å². The van der Waals surface area contributed by atoms with Crippen molar-refractivity contribution in [2.45, 2.75) is 83.5 Å². The number of nitrogens with one attached hydrogen (secondary N) is 1. The molecule has 7 heteroatoms. The third-order valence-corrected chi connectivity index (χ3v) is 7.92. The van der Waals surface area contributed by atoms with Gasteiger partial charge in [-0.25, -0.2) is 0 Å². The molecule has 3 aromatic heterocycles. The molecule has 0 bridgehead atoms. The van der Waals surface area contributed by atoms with Gasteiger partial charge in [0.15, 0.2) is 5.58 Å². The van der Waals surface area contributed by atoms with E-state index in [9.17, 15) is 9.59 Å². The average molecular weight is 454 g/mol. The molecule has 0 saturated heterocycles. The standard InChI is InChI=1S/C25H31N3O3S/c1-17-13-20-22(31-17)14-21-23(29)28(15-19-11-8-12-32-19)25(2,16-27(20)21)24(30)26-18-9-6-4-3-5-7-10-18/h8,11-14,18H,3-7,9-10,15-16H2,1-2H3,(H,26,30). The second-order valence-corrected chi connectivity index (χ2v) is 10.5. The van der Waals surface area contributed by atoms with Gasteiger partial charge in [0.05, 0.1) is 18.6 Å². The molecule has 0 aromatic carbocycles. The number of hydrogen-bond donors (Lipinski definition) is 1. The minimum atomic E-state index is -0.979. The van der Waals surface area contributed by atoms with Crippen LogP contribution in [0.15, 0.2) is 34.1 Å². The molecule has 170 valence electrons. The zero-order chi connectivity index (χ0) is 22.3. The zero-order valence-electron chi connectivity index (χ0n) is 18.9. The van der Waals surface area contributed by atoms with E-state index >= 15 is 0 Å². The number of thiophene rings is 1. The second kappa shape index (κ2) is 8.43. The maximum absolute atomic E-state index is 13.8. The van der Waals surface area contributed by atoms with Crippen LogP contribution in [0.25, 0.3) is 11.1 Å². The topological polar surface area (TPSA) is 67.5 Å². The summed E-state index contributed by atoms with van der Waals surface area (Å²) in [5.41, 5.74) is 1.19. The molecule has 5 rings (SSSR count). The molecule has 1 N–H and O–H groups in total. The van der Waals surface area contributed by atoms with E-state index in [0.29, 0.717) is 24.4 Å². The molecule has 1 atom stereocenters. The van der Waals surface area contributed by atoms with Gasteiger partial charge in [-0.15, -0.1) is 11.3 Å². The summed E-state index contributed by atoms with van der Waals surface area (Å²) in [5, 5.41) is 5.35. The minimum absolute atomic E-state index is 0.0549. The van der Waals surface area contributed by atoms with Crippen LogP contribution in [0.4, 0.5) is 0 Å². The van der Waals surface area contributed by atoms with Crippen LogP contribution in [-0.2, 0) is 17.9 Å². The van der Waals surface area contributed by atoms with Crippen LogP contribution in [0.3, 0.4) is 0 Å². The summed E-state index contributed by atoms with van der Waals surface area (Å²) in [6, 6.07) is 7.96. The van der Waals surface area contributed by atoms with Gasteiger partial charge in [0, 0.05) is 23.1 Å². The number of furan rings is 1. The van der Waals surface area contributed by atoms with E-state index in [1.54, 1.807) is 16.2 Å². The van der Waals surface area contributed by atoms with Crippen LogP contribution in [-0.4, -0.2) is 32.9 Å². The number of carbonyl (C=O) groups excluding carboxylic acids is 2. The van der Waals surface area contributed by atoms with E-state index < -0.39 is 5.54 Å². The summed E-state index contributed by atoms with van der Waals surface area (Å²) in [6.45, 7) is 4.66. The molecule has 2 aliphatic rings. The first-order chi connectivity index (χ1) is 15.5. The van der Waals surface area contributed by atoms with Gasteiger partial charge >= 0.3 is 0 Å². The molecule has 1 saturated carbocycles. The van der Waals surface area contributed by atoms with E-state index in [2.05, 4.69) is 5.32 Å². The van der Waals surface area contributed by atoms with Crippen molar-refractivity contribution >= 4 is 34.3 Å². The predicted octanol–water partition coefficient (Wildman–Crippen LogP) is 5.25. The smallest absolute Gasteiger partial charge is 0.271 e. The first kappa shape index (κ1) is 21.3. The summed E-state index contributed by atoms with van der Waals surface area (Å²) in [5.74, 6) is 0.629. The third-order valence-electron chi connectivity index (χ3n) is 7.06. The van der Waals surface area contributed by atoms with Crippen molar-refractivity contribution in [3.05, 3.63) is 46.0 Å². The van der Waals surface area contributed by atoms with Crippen LogP contribution >= 0.6 is 11.3 Å². The lowest BCUT2D eigenvalue weighted by Crippen LogP contribution is -2.64. The van der Waals surface area contributed by atoms with Gasteiger partial charge in [0.2, 0.25) is 5.91 Å².